The van der Waals surface area contributed by atoms with Crippen molar-refractivity contribution in [2.24, 2.45) is 7.05 Å². The minimum Gasteiger partial charge on any atom is -0.340 e. The van der Waals surface area contributed by atoms with E-state index in [2.05, 4.69) is 80.0 Å². The topological polar surface area (TPSA) is 73.5 Å². The second-order valence-electron chi connectivity index (χ2n) is 8.03. The molecular formula is C26H21N7. The van der Waals surface area contributed by atoms with E-state index in [9.17, 15) is 0 Å². The molecule has 3 aromatic heterocycles. The number of nitrogens with one attached hydrogen (secondary N) is 1. The van der Waals surface area contributed by atoms with Gasteiger partial charge in [-0.3, -0.25) is 4.68 Å². The van der Waals surface area contributed by atoms with Crippen LogP contribution in [-0.2, 0) is 13.6 Å². The van der Waals surface area contributed by atoms with Crippen LogP contribution in [0.5, 0.6) is 0 Å². The second kappa shape index (κ2) is 7.87. The summed E-state index contributed by atoms with van der Waals surface area (Å²) in [4.78, 5) is 13.2. The van der Waals surface area contributed by atoms with Gasteiger partial charge in [-0.15, -0.1) is 0 Å². The molecule has 0 bridgehead atoms. The van der Waals surface area contributed by atoms with Crippen LogP contribution in [0.3, 0.4) is 0 Å². The van der Waals surface area contributed by atoms with Crippen LogP contribution < -0.4 is 5.32 Å². The largest absolute Gasteiger partial charge is 0.340 e. The summed E-state index contributed by atoms with van der Waals surface area (Å²) in [5.74, 6) is 0.764. The first-order valence-electron chi connectivity index (χ1n) is 10.7. The maximum absolute atomic E-state index is 4.59. The Morgan fingerprint density at radius 3 is 2.67 bits per heavy atom. The fraction of sp³-hybridized carbons (Fsp3) is 0.0769. The lowest BCUT2D eigenvalue weighted by molar-refractivity contribution is 0.712. The van der Waals surface area contributed by atoms with Crippen LogP contribution in [0.25, 0.3) is 33.1 Å². The van der Waals surface area contributed by atoms with Gasteiger partial charge < -0.3 is 9.88 Å². The molecule has 0 unspecified atom stereocenters. The van der Waals surface area contributed by atoms with Gasteiger partial charge in [-0.2, -0.15) is 5.10 Å². The quantitative estimate of drug-likeness (QED) is 0.408. The van der Waals surface area contributed by atoms with E-state index in [4.69, 9.17) is 0 Å². The van der Waals surface area contributed by atoms with Gasteiger partial charge in [0.1, 0.15) is 12.1 Å². The molecule has 3 aromatic carbocycles. The summed E-state index contributed by atoms with van der Waals surface area (Å²) in [6, 6.07) is 22.8. The minimum atomic E-state index is 0.741. The summed E-state index contributed by atoms with van der Waals surface area (Å²) in [7, 11) is 1.99. The Morgan fingerprint density at radius 1 is 0.909 bits per heavy atom. The molecule has 0 fully saturated rings. The van der Waals surface area contributed by atoms with E-state index in [1.165, 1.54) is 5.56 Å². The Kier molecular flexibility index (Phi) is 4.58. The summed E-state index contributed by atoms with van der Waals surface area (Å²) in [5.41, 5.74) is 6.26. The number of nitrogens with zero attached hydrogens (tertiary/aromatic N) is 6. The highest BCUT2D eigenvalue weighted by atomic mass is 15.3. The van der Waals surface area contributed by atoms with Crippen LogP contribution in [0.4, 0.5) is 11.5 Å². The van der Waals surface area contributed by atoms with E-state index >= 15 is 0 Å². The van der Waals surface area contributed by atoms with E-state index in [0.29, 0.717) is 0 Å². The van der Waals surface area contributed by atoms with Crippen LogP contribution in [0.15, 0.2) is 91.8 Å². The number of fused-ring (bicyclic) bond motifs is 2. The lowest BCUT2D eigenvalue weighted by atomic mass is 10.1. The van der Waals surface area contributed by atoms with Crippen molar-refractivity contribution in [1.29, 1.82) is 0 Å². The van der Waals surface area contributed by atoms with Gasteiger partial charge in [-0.1, -0.05) is 36.4 Å². The Balaban J connectivity index is 1.34. The number of hydrogen-bond acceptors (Lipinski definition) is 5. The molecule has 7 heteroatoms. The number of rotatable bonds is 5. The number of imidazole rings is 1. The Labute approximate surface area is 190 Å². The predicted octanol–water partition coefficient (Wildman–Crippen LogP) is 5.17. The predicted molar refractivity (Wildman–Crippen MR) is 130 cm³/mol. The van der Waals surface area contributed by atoms with Crippen molar-refractivity contribution >= 4 is 33.3 Å². The van der Waals surface area contributed by atoms with Gasteiger partial charge in [0.25, 0.3) is 0 Å². The van der Waals surface area contributed by atoms with E-state index in [-0.39, 0.29) is 0 Å². The summed E-state index contributed by atoms with van der Waals surface area (Å²) in [5, 5.41) is 10.1. The number of benzene rings is 3. The van der Waals surface area contributed by atoms with E-state index in [0.717, 1.165) is 51.1 Å². The van der Waals surface area contributed by atoms with Gasteiger partial charge in [0.2, 0.25) is 0 Å². The molecule has 0 spiro atoms. The monoisotopic (exact) mass is 431 g/mol. The number of hydrogen-bond donors (Lipinski definition) is 1. The first-order valence-corrected chi connectivity index (χ1v) is 10.7. The summed E-state index contributed by atoms with van der Waals surface area (Å²) >= 11 is 0. The van der Waals surface area contributed by atoms with Crippen LogP contribution in [-0.4, -0.2) is 29.3 Å². The van der Waals surface area contributed by atoms with Gasteiger partial charge in [-0.05, 0) is 35.9 Å². The molecule has 33 heavy (non-hydrogen) atoms. The van der Waals surface area contributed by atoms with Crippen LogP contribution >= 0.6 is 0 Å². The highest BCUT2D eigenvalue weighted by molar-refractivity contribution is 5.94. The molecule has 0 radical (unpaired) electrons. The van der Waals surface area contributed by atoms with Gasteiger partial charge in [0.15, 0.2) is 0 Å². The summed E-state index contributed by atoms with van der Waals surface area (Å²) < 4.78 is 4.02. The van der Waals surface area contributed by atoms with Crippen LogP contribution in [0.2, 0.25) is 0 Å². The lowest BCUT2D eigenvalue weighted by Gasteiger charge is -2.10. The first kappa shape index (κ1) is 19.2. The van der Waals surface area contributed by atoms with Crippen molar-refractivity contribution in [3.05, 3.63) is 97.3 Å². The zero-order chi connectivity index (χ0) is 22.2. The minimum absolute atomic E-state index is 0.741. The fourth-order valence-electron chi connectivity index (χ4n) is 4.13. The standard InChI is InChI=1S/C26H21N7/c1-32-17-27-14-25(32)19-7-9-23-22(12-19)26(29-16-28-23)31-21-8-10-24-20(11-21)13-30-33(24)15-18-5-3-2-4-6-18/h2-14,16-17H,15H2,1H3,(H,28,29,31). The van der Waals surface area contributed by atoms with Crippen molar-refractivity contribution in [2.45, 2.75) is 6.54 Å². The van der Waals surface area contributed by atoms with Crippen LogP contribution in [0, 0.1) is 0 Å². The molecular weight excluding hydrogens is 410 g/mol. The molecule has 0 aliphatic rings. The molecule has 0 amide bonds. The molecule has 0 aliphatic heterocycles. The van der Waals surface area contributed by atoms with Crippen molar-refractivity contribution in [2.75, 3.05) is 5.32 Å². The number of aromatic nitrogens is 6. The molecule has 0 aliphatic carbocycles. The Morgan fingerprint density at radius 2 is 1.82 bits per heavy atom. The van der Waals surface area contributed by atoms with E-state index in [1.54, 1.807) is 12.7 Å². The molecule has 7 nitrogen and oxygen atoms in total. The average molecular weight is 432 g/mol. The molecule has 6 rings (SSSR count). The molecule has 160 valence electrons. The highest BCUT2D eigenvalue weighted by Crippen LogP contribution is 2.29. The van der Waals surface area contributed by atoms with Crippen molar-refractivity contribution in [1.82, 2.24) is 29.3 Å². The van der Waals surface area contributed by atoms with Gasteiger partial charge >= 0.3 is 0 Å². The highest BCUT2D eigenvalue weighted by Gasteiger charge is 2.10. The lowest BCUT2D eigenvalue weighted by Crippen LogP contribution is -2.01. The Bertz CT molecular complexity index is 1580. The normalized spacial score (nSPS) is 11.3. The Hall–Kier alpha value is -4.52. The maximum Gasteiger partial charge on any atom is 0.141 e. The summed E-state index contributed by atoms with van der Waals surface area (Å²) in [6.07, 6.45) is 7.15. The smallest absolute Gasteiger partial charge is 0.141 e. The molecule has 1 N–H and O–H groups in total. The zero-order valence-electron chi connectivity index (χ0n) is 18.1. The molecule has 0 atom stereocenters. The third-order valence-electron chi connectivity index (χ3n) is 5.83. The molecule has 0 saturated heterocycles. The number of aryl methyl sites for hydroxylation is 1. The van der Waals surface area contributed by atoms with Crippen molar-refractivity contribution in [3.63, 3.8) is 0 Å². The van der Waals surface area contributed by atoms with Crippen molar-refractivity contribution < 1.29 is 0 Å². The number of anilines is 2. The van der Waals surface area contributed by atoms with Gasteiger partial charge in [-0.25, -0.2) is 15.0 Å². The van der Waals surface area contributed by atoms with E-state index < -0.39 is 0 Å². The molecule has 3 heterocycles. The van der Waals surface area contributed by atoms with Gasteiger partial charge in [0.05, 0.1) is 42.0 Å². The fourth-order valence-corrected chi connectivity index (χ4v) is 4.13. The summed E-state index contributed by atoms with van der Waals surface area (Å²) in [6.45, 7) is 0.741. The van der Waals surface area contributed by atoms with E-state index in [1.807, 2.05) is 40.8 Å². The van der Waals surface area contributed by atoms with Gasteiger partial charge in [0, 0.05) is 29.1 Å². The molecule has 0 saturated carbocycles. The third kappa shape index (κ3) is 3.59. The zero-order valence-corrected chi connectivity index (χ0v) is 18.1. The molecule has 6 aromatic rings. The second-order valence-corrected chi connectivity index (χ2v) is 8.03. The third-order valence-corrected chi connectivity index (χ3v) is 5.83. The first-order chi connectivity index (χ1) is 16.2. The van der Waals surface area contributed by atoms with Crippen molar-refractivity contribution in [3.8, 4) is 11.3 Å². The SMILES string of the molecule is Cn1cncc1-c1ccc2ncnc(Nc3ccc4c(cnn4Cc4ccccc4)c3)c2c1. The average Bonchev–Trinajstić information content (AvgIpc) is 3.45. The van der Waals surface area contributed by atoms with Crippen LogP contribution in [0.1, 0.15) is 5.56 Å². The maximum atomic E-state index is 4.59.